The largest absolute Gasteiger partial charge is 0.308 e. The molecule has 4 aromatic heterocycles. The fraction of sp³-hybridized carbons (Fsp3) is 0. The number of hydrogen-bond acceptors (Lipinski definition) is 1. The Kier molecular flexibility index (Phi) is 1.02. The molecule has 0 aliphatic heterocycles. The van der Waals surface area contributed by atoms with E-state index in [1.807, 2.05) is 11.3 Å². The van der Waals surface area contributed by atoms with E-state index in [0.717, 1.165) is 0 Å². The molecule has 66 valence electrons. The van der Waals surface area contributed by atoms with Crippen LogP contribution in [0.2, 0.25) is 0 Å². The highest BCUT2D eigenvalue weighted by Gasteiger charge is 2.10. The highest BCUT2D eigenvalue weighted by atomic mass is 32.1. The van der Waals surface area contributed by atoms with Crippen molar-refractivity contribution in [1.82, 2.24) is 4.40 Å². The van der Waals surface area contributed by atoms with Crippen molar-refractivity contribution in [2.75, 3.05) is 0 Å². The Hall–Kier alpha value is -1.54. The van der Waals surface area contributed by atoms with Crippen LogP contribution in [0.25, 0.3) is 26.6 Å². The minimum atomic E-state index is 1.29. The number of rotatable bonds is 0. The quantitative estimate of drug-likeness (QED) is 0.404. The van der Waals surface area contributed by atoms with Gasteiger partial charge in [-0.05, 0) is 35.7 Å². The van der Waals surface area contributed by atoms with E-state index in [2.05, 4.69) is 46.2 Å². The lowest BCUT2D eigenvalue weighted by Gasteiger charge is -1.94. The van der Waals surface area contributed by atoms with Crippen molar-refractivity contribution in [3.05, 3.63) is 41.8 Å². The van der Waals surface area contributed by atoms with Crippen LogP contribution >= 0.6 is 11.3 Å². The standard InChI is InChI=1S/C12H7NS/c1-2-8-4-5-11-12-9(6-7-14-12)10(3-1)13(8)11/h1-7H. The van der Waals surface area contributed by atoms with Gasteiger partial charge in [0.15, 0.2) is 0 Å². The summed E-state index contributed by atoms with van der Waals surface area (Å²) in [6.45, 7) is 0. The number of pyridine rings is 1. The Labute approximate surface area is 84.5 Å². The van der Waals surface area contributed by atoms with Crippen LogP contribution in [0.1, 0.15) is 0 Å². The van der Waals surface area contributed by atoms with E-state index in [9.17, 15) is 0 Å². The molecule has 0 unspecified atom stereocenters. The van der Waals surface area contributed by atoms with Gasteiger partial charge in [-0.25, -0.2) is 0 Å². The Balaban J connectivity index is 2.58. The summed E-state index contributed by atoms with van der Waals surface area (Å²) in [6, 6.07) is 13.1. The summed E-state index contributed by atoms with van der Waals surface area (Å²) in [4.78, 5) is 0. The average Bonchev–Trinajstić information content (AvgIpc) is 2.87. The predicted octanol–water partition coefficient (Wildman–Crippen LogP) is 3.75. The Morgan fingerprint density at radius 1 is 0.929 bits per heavy atom. The van der Waals surface area contributed by atoms with Crippen LogP contribution in [0, 0.1) is 0 Å². The molecule has 1 nitrogen and oxygen atoms in total. The maximum atomic E-state index is 2.33. The molecule has 0 aliphatic rings. The van der Waals surface area contributed by atoms with E-state index in [4.69, 9.17) is 0 Å². The number of thiophene rings is 1. The van der Waals surface area contributed by atoms with Crippen molar-refractivity contribution in [2.45, 2.75) is 0 Å². The lowest BCUT2D eigenvalue weighted by atomic mass is 10.3. The Morgan fingerprint density at radius 2 is 1.93 bits per heavy atom. The van der Waals surface area contributed by atoms with Gasteiger partial charge in [-0.1, -0.05) is 6.07 Å². The molecule has 0 atom stereocenters. The molecule has 4 aromatic rings. The lowest BCUT2D eigenvalue weighted by Crippen LogP contribution is -1.79. The number of hydrogen-bond donors (Lipinski definition) is 0. The molecule has 0 saturated heterocycles. The monoisotopic (exact) mass is 197 g/mol. The second-order valence-electron chi connectivity index (χ2n) is 3.55. The molecule has 0 amide bonds. The van der Waals surface area contributed by atoms with E-state index in [1.165, 1.54) is 26.6 Å². The number of fused-ring (bicyclic) bond motifs is 3. The third-order valence-electron chi connectivity index (χ3n) is 2.85. The predicted molar refractivity (Wildman–Crippen MR) is 61.5 cm³/mol. The van der Waals surface area contributed by atoms with Gasteiger partial charge in [0.05, 0.1) is 15.7 Å². The van der Waals surface area contributed by atoms with Gasteiger partial charge in [-0.3, -0.25) is 0 Å². The van der Waals surface area contributed by atoms with Crippen LogP contribution in [-0.4, -0.2) is 4.40 Å². The fourth-order valence-electron chi connectivity index (χ4n) is 2.26. The second-order valence-corrected chi connectivity index (χ2v) is 4.47. The van der Waals surface area contributed by atoms with Gasteiger partial charge in [0.1, 0.15) is 0 Å². The maximum absolute atomic E-state index is 2.33. The topological polar surface area (TPSA) is 4.41 Å². The van der Waals surface area contributed by atoms with Gasteiger partial charge < -0.3 is 4.40 Å². The van der Waals surface area contributed by atoms with Crippen molar-refractivity contribution in [1.29, 1.82) is 0 Å². The number of nitrogens with zero attached hydrogens (tertiary/aromatic N) is 1. The molecule has 2 heteroatoms. The molecular weight excluding hydrogens is 190 g/mol. The summed E-state index contributed by atoms with van der Waals surface area (Å²) in [5.74, 6) is 0. The molecular formula is C12H7NS. The van der Waals surface area contributed by atoms with Crippen molar-refractivity contribution >= 4 is 38.0 Å². The summed E-state index contributed by atoms with van der Waals surface area (Å²) in [6.07, 6.45) is 0. The minimum Gasteiger partial charge on any atom is -0.308 e. The first kappa shape index (κ1) is 6.85. The molecule has 0 aliphatic carbocycles. The molecule has 0 fully saturated rings. The van der Waals surface area contributed by atoms with Crippen LogP contribution in [0.5, 0.6) is 0 Å². The zero-order valence-electron chi connectivity index (χ0n) is 7.40. The van der Waals surface area contributed by atoms with Crippen LogP contribution in [0.15, 0.2) is 41.8 Å². The molecule has 4 heterocycles. The van der Waals surface area contributed by atoms with Gasteiger partial charge in [0, 0.05) is 10.9 Å². The number of aromatic nitrogens is 1. The average molecular weight is 197 g/mol. The molecule has 0 radical (unpaired) electrons. The molecule has 4 rings (SSSR count). The first-order valence-electron chi connectivity index (χ1n) is 4.64. The van der Waals surface area contributed by atoms with E-state index in [-0.39, 0.29) is 0 Å². The molecule has 0 saturated carbocycles. The molecule has 0 N–H and O–H groups in total. The van der Waals surface area contributed by atoms with Crippen LogP contribution in [0.3, 0.4) is 0 Å². The van der Waals surface area contributed by atoms with E-state index in [1.54, 1.807) is 0 Å². The minimum absolute atomic E-state index is 1.29. The smallest absolute Gasteiger partial charge is 0.0641 e. The Morgan fingerprint density at radius 3 is 2.93 bits per heavy atom. The highest BCUT2D eigenvalue weighted by molar-refractivity contribution is 7.18. The zero-order valence-corrected chi connectivity index (χ0v) is 8.21. The van der Waals surface area contributed by atoms with Gasteiger partial charge in [-0.15, -0.1) is 11.3 Å². The van der Waals surface area contributed by atoms with Gasteiger partial charge in [0.25, 0.3) is 0 Å². The van der Waals surface area contributed by atoms with E-state index < -0.39 is 0 Å². The summed E-state index contributed by atoms with van der Waals surface area (Å²) in [7, 11) is 0. The molecule has 0 bridgehead atoms. The lowest BCUT2D eigenvalue weighted by molar-refractivity contribution is 1.36. The van der Waals surface area contributed by atoms with Crippen LogP contribution in [0.4, 0.5) is 0 Å². The third kappa shape index (κ3) is 0.601. The van der Waals surface area contributed by atoms with Crippen molar-refractivity contribution in [3.63, 3.8) is 0 Å². The van der Waals surface area contributed by atoms with Gasteiger partial charge in [-0.2, -0.15) is 0 Å². The second kappa shape index (κ2) is 2.10. The van der Waals surface area contributed by atoms with Gasteiger partial charge in [0.2, 0.25) is 0 Å². The molecule has 0 aromatic carbocycles. The summed E-state index contributed by atoms with van der Waals surface area (Å²) in [5.41, 5.74) is 3.97. The van der Waals surface area contributed by atoms with E-state index >= 15 is 0 Å². The van der Waals surface area contributed by atoms with E-state index in [0.29, 0.717) is 0 Å². The summed E-state index contributed by atoms with van der Waals surface area (Å²) < 4.78 is 3.74. The van der Waals surface area contributed by atoms with Crippen LogP contribution in [-0.2, 0) is 0 Å². The fourth-order valence-corrected chi connectivity index (χ4v) is 3.18. The first-order valence-corrected chi connectivity index (χ1v) is 5.52. The first-order chi connectivity index (χ1) is 6.95. The summed E-state index contributed by atoms with van der Waals surface area (Å²) >= 11 is 1.83. The summed E-state index contributed by atoms with van der Waals surface area (Å²) in [5, 5.41) is 3.55. The maximum Gasteiger partial charge on any atom is 0.0641 e. The molecule has 14 heavy (non-hydrogen) atoms. The highest BCUT2D eigenvalue weighted by Crippen LogP contribution is 2.34. The Bertz CT molecular complexity index is 721. The van der Waals surface area contributed by atoms with Crippen molar-refractivity contribution in [3.8, 4) is 0 Å². The van der Waals surface area contributed by atoms with Crippen molar-refractivity contribution < 1.29 is 0 Å². The SMILES string of the molecule is c1cc2ccc3c4sccc4c(c1)n23. The normalized spacial score (nSPS) is 12.3. The van der Waals surface area contributed by atoms with Gasteiger partial charge >= 0.3 is 0 Å². The molecule has 0 spiro atoms. The van der Waals surface area contributed by atoms with Crippen molar-refractivity contribution in [2.24, 2.45) is 0 Å². The third-order valence-corrected chi connectivity index (χ3v) is 3.78. The zero-order chi connectivity index (χ0) is 9.12. The van der Waals surface area contributed by atoms with Crippen LogP contribution < -0.4 is 0 Å².